The van der Waals surface area contributed by atoms with Crippen molar-refractivity contribution in [2.75, 3.05) is 13.7 Å². The standard InChI is InChI=1S/C11H16ClNO/c1-9(14-2)7-13-8-10-4-3-5-11(12)6-10/h3-6,9,13H,7-8H2,1-2H3. The van der Waals surface area contributed by atoms with Crippen molar-refractivity contribution >= 4 is 11.6 Å². The molecule has 0 aliphatic heterocycles. The minimum Gasteiger partial charge on any atom is -0.380 e. The van der Waals surface area contributed by atoms with Gasteiger partial charge in [0, 0.05) is 25.2 Å². The molecule has 0 aromatic heterocycles. The van der Waals surface area contributed by atoms with E-state index in [1.807, 2.05) is 25.1 Å². The number of hydrogen-bond donors (Lipinski definition) is 1. The summed E-state index contributed by atoms with van der Waals surface area (Å²) in [5.41, 5.74) is 1.20. The molecular weight excluding hydrogens is 198 g/mol. The molecule has 2 nitrogen and oxygen atoms in total. The lowest BCUT2D eigenvalue weighted by Crippen LogP contribution is -2.25. The molecule has 0 saturated carbocycles. The van der Waals surface area contributed by atoms with E-state index in [4.69, 9.17) is 16.3 Å². The molecule has 0 heterocycles. The van der Waals surface area contributed by atoms with E-state index < -0.39 is 0 Å². The molecule has 1 N–H and O–H groups in total. The van der Waals surface area contributed by atoms with Crippen molar-refractivity contribution in [2.24, 2.45) is 0 Å². The second kappa shape index (κ2) is 6.02. The molecule has 0 bridgehead atoms. The zero-order chi connectivity index (χ0) is 10.4. The van der Waals surface area contributed by atoms with Gasteiger partial charge in [0.2, 0.25) is 0 Å². The Labute approximate surface area is 90.2 Å². The summed E-state index contributed by atoms with van der Waals surface area (Å²) in [6.45, 7) is 3.71. The number of hydrogen-bond acceptors (Lipinski definition) is 2. The Bertz CT molecular complexity index is 278. The van der Waals surface area contributed by atoms with Gasteiger partial charge in [0.05, 0.1) is 6.10 Å². The van der Waals surface area contributed by atoms with Gasteiger partial charge in [-0.05, 0) is 24.6 Å². The average Bonchev–Trinajstić information content (AvgIpc) is 2.17. The van der Waals surface area contributed by atoms with Gasteiger partial charge in [0.15, 0.2) is 0 Å². The molecule has 0 aliphatic carbocycles. The van der Waals surface area contributed by atoms with E-state index in [0.717, 1.165) is 18.1 Å². The molecule has 3 heteroatoms. The fourth-order valence-corrected chi connectivity index (χ4v) is 1.36. The highest BCUT2D eigenvalue weighted by atomic mass is 35.5. The number of rotatable bonds is 5. The van der Waals surface area contributed by atoms with Gasteiger partial charge in [0.1, 0.15) is 0 Å². The Morgan fingerprint density at radius 1 is 1.50 bits per heavy atom. The molecule has 0 saturated heterocycles. The van der Waals surface area contributed by atoms with Gasteiger partial charge in [-0.25, -0.2) is 0 Å². The van der Waals surface area contributed by atoms with Crippen LogP contribution in [0.1, 0.15) is 12.5 Å². The van der Waals surface area contributed by atoms with Gasteiger partial charge in [-0.1, -0.05) is 23.7 Å². The molecule has 0 spiro atoms. The summed E-state index contributed by atoms with van der Waals surface area (Å²) in [5.74, 6) is 0. The maximum atomic E-state index is 5.86. The lowest BCUT2D eigenvalue weighted by molar-refractivity contribution is 0.117. The lowest BCUT2D eigenvalue weighted by atomic mass is 10.2. The fraction of sp³-hybridized carbons (Fsp3) is 0.455. The minimum absolute atomic E-state index is 0.245. The first kappa shape index (κ1) is 11.5. The normalized spacial score (nSPS) is 12.8. The smallest absolute Gasteiger partial charge is 0.0667 e. The van der Waals surface area contributed by atoms with E-state index >= 15 is 0 Å². The Kier molecular flexibility index (Phi) is 4.94. The summed E-state index contributed by atoms with van der Waals surface area (Å²) >= 11 is 5.86. The molecule has 0 aliphatic rings. The molecule has 0 fully saturated rings. The van der Waals surface area contributed by atoms with Crippen molar-refractivity contribution in [3.63, 3.8) is 0 Å². The van der Waals surface area contributed by atoms with Crippen molar-refractivity contribution < 1.29 is 4.74 Å². The monoisotopic (exact) mass is 213 g/mol. The maximum Gasteiger partial charge on any atom is 0.0667 e. The van der Waals surface area contributed by atoms with Gasteiger partial charge in [-0.3, -0.25) is 0 Å². The summed E-state index contributed by atoms with van der Waals surface area (Å²) in [6, 6.07) is 7.85. The van der Waals surface area contributed by atoms with Crippen LogP contribution in [-0.2, 0) is 11.3 Å². The van der Waals surface area contributed by atoms with Crippen LogP contribution in [0.25, 0.3) is 0 Å². The second-order valence-corrected chi connectivity index (χ2v) is 3.74. The quantitative estimate of drug-likeness (QED) is 0.812. The third kappa shape index (κ3) is 4.09. The first-order valence-corrected chi connectivity index (χ1v) is 5.08. The van der Waals surface area contributed by atoms with Crippen molar-refractivity contribution in [3.8, 4) is 0 Å². The topological polar surface area (TPSA) is 21.3 Å². The molecule has 1 rings (SSSR count). The summed E-state index contributed by atoms with van der Waals surface area (Å²) < 4.78 is 5.12. The molecule has 1 aromatic rings. The Hall–Kier alpha value is -0.570. The van der Waals surface area contributed by atoms with Crippen molar-refractivity contribution in [1.29, 1.82) is 0 Å². The van der Waals surface area contributed by atoms with Crippen LogP contribution in [-0.4, -0.2) is 19.8 Å². The molecule has 14 heavy (non-hydrogen) atoms. The first-order chi connectivity index (χ1) is 6.72. The van der Waals surface area contributed by atoms with Crippen molar-refractivity contribution in [1.82, 2.24) is 5.32 Å². The van der Waals surface area contributed by atoms with E-state index in [0.29, 0.717) is 0 Å². The summed E-state index contributed by atoms with van der Waals surface area (Å²) in [7, 11) is 1.71. The molecule has 0 amide bonds. The Balaban J connectivity index is 2.31. The van der Waals surface area contributed by atoms with E-state index in [9.17, 15) is 0 Å². The molecule has 0 radical (unpaired) electrons. The third-order valence-electron chi connectivity index (χ3n) is 2.05. The molecule has 1 aromatic carbocycles. The van der Waals surface area contributed by atoms with Crippen molar-refractivity contribution in [3.05, 3.63) is 34.9 Å². The molecular formula is C11H16ClNO. The highest BCUT2D eigenvalue weighted by Gasteiger charge is 1.98. The van der Waals surface area contributed by atoms with Gasteiger partial charge >= 0.3 is 0 Å². The van der Waals surface area contributed by atoms with Crippen LogP contribution in [0.2, 0.25) is 5.02 Å². The van der Waals surface area contributed by atoms with E-state index in [-0.39, 0.29) is 6.10 Å². The number of methoxy groups -OCH3 is 1. The van der Waals surface area contributed by atoms with E-state index in [2.05, 4.69) is 11.4 Å². The first-order valence-electron chi connectivity index (χ1n) is 4.70. The fourth-order valence-electron chi connectivity index (χ4n) is 1.15. The number of nitrogens with one attached hydrogen (secondary N) is 1. The maximum absolute atomic E-state index is 5.86. The van der Waals surface area contributed by atoms with E-state index in [1.54, 1.807) is 7.11 Å². The summed E-state index contributed by atoms with van der Waals surface area (Å²) in [5, 5.41) is 4.08. The van der Waals surface area contributed by atoms with Crippen molar-refractivity contribution in [2.45, 2.75) is 19.6 Å². The predicted octanol–water partition coefficient (Wildman–Crippen LogP) is 2.46. The van der Waals surface area contributed by atoms with Gasteiger partial charge in [-0.2, -0.15) is 0 Å². The Morgan fingerprint density at radius 3 is 2.93 bits per heavy atom. The van der Waals surface area contributed by atoms with Gasteiger partial charge in [0.25, 0.3) is 0 Å². The minimum atomic E-state index is 0.245. The molecule has 1 atom stereocenters. The molecule has 1 unspecified atom stereocenters. The lowest BCUT2D eigenvalue weighted by Gasteiger charge is -2.10. The number of ether oxygens (including phenoxy) is 1. The van der Waals surface area contributed by atoms with Crippen LogP contribution in [0.3, 0.4) is 0 Å². The predicted molar refractivity (Wildman–Crippen MR) is 59.6 cm³/mol. The van der Waals surface area contributed by atoms with Crippen LogP contribution >= 0.6 is 11.6 Å². The van der Waals surface area contributed by atoms with Crippen LogP contribution in [0.5, 0.6) is 0 Å². The SMILES string of the molecule is COC(C)CNCc1cccc(Cl)c1. The van der Waals surface area contributed by atoms with Crippen LogP contribution in [0, 0.1) is 0 Å². The van der Waals surface area contributed by atoms with Crippen LogP contribution in [0.4, 0.5) is 0 Å². The largest absolute Gasteiger partial charge is 0.380 e. The highest BCUT2D eigenvalue weighted by molar-refractivity contribution is 6.30. The van der Waals surface area contributed by atoms with Gasteiger partial charge in [-0.15, -0.1) is 0 Å². The number of halogens is 1. The third-order valence-corrected chi connectivity index (χ3v) is 2.29. The summed E-state index contributed by atoms with van der Waals surface area (Å²) in [6.07, 6.45) is 0.245. The Morgan fingerprint density at radius 2 is 2.29 bits per heavy atom. The second-order valence-electron chi connectivity index (χ2n) is 3.31. The van der Waals surface area contributed by atoms with Crippen LogP contribution < -0.4 is 5.32 Å². The highest BCUT2D eigenvalue weighted by Crippen LogP contribution is 2.10. The summed E-state index contributed by atoms with van der Waals surface area (Å²) in [4.78, 5) is 0. The van der Waals surface area contributed by atoms with Crippen LogP contribution in [0.15, 0.2) is 24.3 Å². The zero-order valence-corrected chi connectivity index (χ0v) is 9.34. The average molecular weight is 214 g/mol. The van der Waals surface area contributed by atoms with Gasteiger partial charge < -0.3 is 10.1 Å². The zero-order valence-electron chi connectivity index (χ0n) is 8.59. The number of benzene rings is 1. The molecule has 78 valence electrons. The van der Waals surface area contributed by atoms with E-state index in [1.165, 1.54) is 5.56 Å².